The van der Waals surface area contributed by atoms with Gasteiger partial charge < -0.3 is 13.3 Å². The number of nitrogens with zero attached hydrogens (tertiary/aromatic N) is 2. The minimum Gasteiger partial charge on any atom is -0.369 e. The molecule has 150 valence electrons. The maximum Gasteiger partial charge on any atom is 0.501 e. The van der Waals surface area contributed by atoms with E-state index in [-0.39, 0.29) is 18.3 Å². The first-order valence-corrected chi connectivity index (χ1v) is 12.2. The Morgan fingerprint density at radius 2 is 1.67 bits per heavy atom. The van der Waals surface area contributed by atoms with Crippen LogP contribution < -0.4 is 0 Å². The van der Waals surface area contributed by atoms with Crippen molar-refractivity contribution in [3.8, 4) is 0 Å². The number of rotatable bonds is 5. The number of aliphatic imine (C=N–C) groups is 1. The molecule has 3 atom stereocenters. The molecule has 0 aromatic heterocycles. The van der Waals surface area contributed by atoms with Crippen LogP contribution in [0.15, 0.2) is 23.2 Å². The van der Waals surface area contributed by atoms with Crippen molar-refractivity contribution in [3.63, 3.8) is 0 Å². The minimum atomic E-state index is -2.71. The molecule has 4 rings (SSSR count). The summed E-state index contributed by atoms with van der Waals surface area (Å²) in [6.07, 6.45) is 3.00. The third-order valence-electron chi connectivity index (χ3n) is 4.65. The van der Waals surface area contributed by atoms with Crippen LogP contribution in [0.5, 0.6) is 0 Å². The van der Waals surface area contributed by atoms with E-state index < -0.39 is 8.80 Å². The highest BCUT2D eigenvalue weighted by Crippen LogP contribution is 2.29. The average molecular weight is 431 g/mol. The first-order valence-electron chi connectivity index (χ1n) is 9.56. The summed E-state index contributed by atoms with van der Waals surface area (Å²) in [4.78, 5) is 6.88. The predicted octanol–water partition coefficient (Wildman–Crippen LogP) is 4.29. The second kappa shape index (κ2) is 9.35. The summed E-state index contributed by atoms with van der Waals surface area (Å²) in [5.74, 6) is 0. The van der Waals surface area contributed by atoms with Crippen LogP contribution in [0.3, 0.4) is 0 Å². The van der Waals surface area contributed by atoms with E-state index in [1.54, 1.807) is 12.3 Å². The van der Waals surface area contributed by atoms with Crippen molar-refractivity contribution in [2.24, 2.45) is 4.99 Å². The highest BCUT2D eigenvalue weighted by atomic mass is 35.5. The van der Waals surface area contributed by atoms with Crippen molar-refractivity contribution in [1.82, 2.24) is 4.90 Å². The molecule has 1 aromatic carbocycles. The molecule has 2 bridgehead atoms. The predicted molar refractivity (Wildman–Crippen MR) is 112 cm³/mol. The zero-order valence-corrected chi connectivity index (χ0v) is 18.7. The molecule has 1 aromatic rings. The molecule has 0 radical (unpaired) electrons. The van der Waals surface area contributed by atoms with Crippen molar-refractivity contribution >= 4 is 38.2 Å². The lowest BCUT2D eigenvalue weighted by molar-refractivity contribution is -0.0789. The van der Waals surface area contributed by atoms with E-state index >= 15 is 0 Å². The Labute approximate surface area is 173 Å². The van der Waals surface area contributed by atoms with Crippen LogP contribution in [0, 0.1) is 0 Å². The van der Waals surface area contributed by atoms with Gasteiger partial charge in [-0.1, -0.05) is 29.3 Å². The number of hydrogen-bond donors (Lipinski definition) is 0. The maximum absolute atomic E-state index is 6.35. The van der Waals surface area contributed by atoms with E-state index in [2.05, 4.69) is 30.7 Å². The Bertz CT molecular complexity index is 640. The van der Waals surface area contributed by atoms with Crippen LogP contribution in [-0.2, 0) is 13.3 Å². The lowest BCUT2D eigenvalue weighted by Crippen LogP contribution is -2.61. The SMILES string of the molecule is CC1CN2CC(C)O[Si](CCCN=Cc3ccc(Cl)cc3Cl)(O1)OC(C)C2. The fourth-order valence-electron chi connectivity index (χ4n) is 3.76. The Morgan fingerprint density at radius 1 is 1.07 bits per heavy atom. The van der Waals surface area contributed by atoms with E-state index in [1.165, 1.54) is 0 Å². The van der Waals surface area contributed by atoms with Gasteiger partial charge in [-0.05, 0) is 39.3 Å². The summed E-state index contributed by atoms with van der Waals surface area (Å²) in [5, 5.41) is 1.23. The molecule has 5 nitrogen and oxygen atoms in total. The van der Waals surface area contributed by atoms with Gasteiger partial charge in [-0.15, -0.1) is 0 Å². The quantitative estimate of drug-likeness (QED) is 0.397. The molecule has 3 heterocycles. The molecule has 0 aliphatic carbocycles. The second-order valence-corrected chi connectivity index (χ2v) is 10.9. The molecule has 3 aliphatic rings. The van der Waals surface area contributed by atoms with Gasteiger partial charge in [-0.3, -0.25) is 9.89 Å². The topological polar surface area (TPSA) is 43.3 Å². The molecule has 27 heavy (non-hydrogen) atoms. The van der Waals surface area contributed by atoms with E-state index in [9.17, 15) is 0 Å². The summed E-state index contributed by atoms with van der Waals surface area (Å²) < 4.78 is 19.1. The molecule has 3 unspecified atom stereocenters. The van der Waals surface area contributed by atoms with Gasteiger partial charge in [0, 0.05) is 49.0 Å². The van der Waals surface area contributed by atoms with Gasteiger partial charge in [0.15, 0.2) is 0 Å². The summed E-state index contributed by atoms with van der Waals surface area (Å²) in [7, 11) is -2.71. The molecule has 0 amide bonds. The third-order valence-corrected chi connectivity index (χ3v) is 8.46. The molecule has 3 fully saturated rings. The van der Waals surface area contributed by atoms with Crippen molar-refractivity contribution in [2.45, 2.75) is 51.5 Å². The smallest absolute Gasteiger partial charge is 0.369 e. The first-order chi connectivity index (χ1) is 12.8. The van der Waals surface area contributed by atoms with E-state index in [4.69, 9.17) is 36.5 Å². The number of halogens is 2. The van der Waals surface area contributed by atoms with Crippen LogP contribution in [-0.4, -0.2) is 64.4 Å². The molecule has 3 aliphatic heterocycles. The molecular weight excluding hydrogens is 403 g/mol. The summed E-state index contributed by atoms with van der Waals surface area (Å²) in [6, 6.07) is 6.18. The van der Waals surface area contributed by atoms with Gasteiger partial charge >= 0.3 is 8.80 Å². The van der Waals surface area contributed by atoms with Crippen LogP contribution in [0.2, 0.25) is 16.1 Å². The van der Waals surface area contributed by atoms with E-state index in [0.29, 0.717) is 16.6 Å². The van der Waals surface area contributed by atoms with Crippen LogP contribution in [0.1, 0.15) is 32.8 Å². The molecule has 0 N–H and O–H groups in total. The average Bonchev–Trinajstić information content (AvgIpc) is 2.53. The zero-order valence-electron chi connectivity index (χ0n) is 16.2. The number of benzene rings is 1. The second-order valence-electron chi connectivity index (χ2n) is 7.49. The van der Waals surface area contributed by atoms with Gasteiger partial charge in [0.2, 0.25) is 0 Å². The Hall–Kier alpha value is -0.473. The van der Waals surface area contributed by atoms with Crippen molar-refractivity contribution < 1.29 is 13.3 Å². The normalized spacial score (nSPS) is 34.4. The highest BCUT2D eigenvalue weighted by molar-refractivity contribution is 6.60. The highest BCUT2D eigenvalue weighted by Gasteiger charge is 2.48. The standard InChI is InChI=1S/C19H28Cl2N2O3Si/c1-14-11-23-12-15(2)25-27(24-14,26-16(3)13-23)8-4-7-22-10-17-5-6-18(20)9-19(17)21/h5-6,9-10,14-16H,4,7-8,11-13H2,1-3H3. The van der Waals surface area contributed by atoms with Crippen molar-refractivity contribution in [1.29, 1.82) is 0 Å². The lowest BCUT2D eigenvalue weighted by Gasteiger charge is -2.45. The van der Waals surface area contributed by atoms with Gasteiger partial charge in [0.1, 0.15) is 0 Å². The number of fused-ring (bicyclic) bond motifs is 6. The Morgan fingerprint density at radius 3 is 2.22 bits per heavy atom. The minimum absolute atomic E-state index is 0.119. The van der Waals surface area contributed by atoms with Gasteiger partial charge in [-0.25, -0.2) is 0 Å². The Balaban J connectivity index is 1.60. The van der Waals surface area contributed by atoms with E-state index in [1.807, 2.05) is 12.1 Å². The van der Waals surface area contributed by atoms with Gasteiger partial charge in [0.05, 0.1) is 23.3 Å². The van der Waals surface area contributed by atoms with Crippen LogP contribution in [0.4, 0.5) is 0 Å². The zero-order chi connectivity index (χ0) is 19.4. The molecular formula is C19H28Cl2N2O3Si. The fourth-order valence-corrected chi connectivity index (χ4v) is 7.39. The lowest BCUT2D eigenvalue weighted by atomic mass is 10.2. The summed E-state index contributed by atoms with van der Waals surface area (Å²) in [6.45, 7) is 9.79. The van der Waals surface area contributed by atoms with Gasteiger partial charge in [0.25, 0.3) is 0 Å². The fraction of sp³-hybridized carbons (Fsp3) is 0.632. The van der Waals surface area contributed by atoms with Crippen LogP contribution >= 0.6 is 23.2 Å². The summed E-state index contributed by atoms with van der Waals surface area (Å²) in [5.41, 5.74) is 0.869. The van der Waals surface area contributed by atoms with Gasteiger partial charge in [-0.2, -0.15) is 0 Å². The molecule has 3 saturated heterocycles. The summed E-state index contributed by atoms with van der Waals surface area (Å²) >= 11 is 12.1. The van der Waals surface area contributed by atoms with E-state index in [0.717, 1.165) is 37.7 Å². The first kappa shape index (κ1) is 21.2. The maximum atomic E-state index is 6.35. The Kier molecular flexibility index (Phi) is 7.36. The number of hydrogen-bond acceptors (Lipinski definition) is 5. The van der Waals surface area contributed by atoms with Crippen molar-refractivity contribution in [3.05, 3.63) is 33.8 Å². The monoisotopic (exact) mass is 430 g/mol. The molecule has 0 spiro atoms. The molecule has 8 heteroatoms. The largest absolute Gasteiger partial charge is 0.501 e. The van der Waals surface area contributed by atoms with Crippen molar-refractivity contribution in [2.75, 3.05) is 26.2 Å². The molecule has 0 saturated carbocycles. The van der Waals surface area contributed by atoms with Crippen LogP contribution in [0.25, 0.3) is 0 Å². The third kappa shape index (κ3) is 6.00.